The Labute approximate surface area is 147 Å². The van der Waals surface area contributed by atoms with Gasteiger partial charge in [0.1, 0.15) is 0 Å². The standard InChI is InChI=1S/C24H19N/c1-3-9-18(10-4-1)19-15-16-24-22(17-19)21-13-7-8-14-23(21)25(24)20-11-5-2-6-12-20/h1-9,11-18H,10H2. The zero-order valence-corrected chi connectivity index (χ0v) is 14.0. The summed E-state index contributed by atoms with van der Waals surface area (Å²) in [7, 11) is 0. The highest BCUT2D eigenvalue weighted by Gasteiger charge is 2.15. The number of nitrogens with zero attached hydrogens (tertiary/aromatic N) is 1. The van der Waals surface area contributed by atoms with Crippen molar-refractivity contribution in [2.24, 2.45) is 0 Å². The normalized spacial score (nSPS) is 16.7. The van der Waals surface area contributed by atoms with Crippen molar-refractivity contribution >= 4 is 21.8 Å². The number of fused-ring (bicyclic) bond motifs is 3. The van der Waals surface area contributed by atoms with E-state index in [1.807, 2.05) is 0 Å². The second-order valence-electron chi connectivity index (χ2n) is 6.62. The Balaban J connectivity index is 1.79. The molecule has 0 aliphatic heterocycles. The van der Waals surface area contributed by atoms with Gasteiger partial charge in [0.25, 0.3) is 0 Å². The van der Waals surface area contributed by atoms with Gasteiger partial charge in [-0.2, -0.15) is 0 Å². The van der Waals surface area contributed by atoms with Crippen molar-refractivity contribution in [2.45, 2.75) is 12.3 Å². The number of aromatic nitrogens is 1. The van der Waals surface area contributed by atoms with Crippen LogP contribution in [-0.2, 0) is 0 Å². The number of rotatable bonds is 2. The van der Waals surface area contributed by atoms with Crippen LogP contribution in [0.4, 0.5) is 0 Å². The smallest absolute Gasteiger partial charge is 0.0541 e. The van der Waals surface area contributed by atoms with Gasteiger partial charge in [0.05, 0.1) is 11.0 Å². The Morgan fingerprint density at radius 1 is 0.720 bits per heavy atom. The molecular formula is C24H19N. The van der Waals surface area contributed by atoms with Crippen molar-refractivity contribution < 1.29 is 0 Å². The molecule has 120 valence electrons. The topological polar surface area (TPSA) is 4.93 Å². The summed E-state index contributed by atoms with van der Waals surface area (Å²) in [4.78, 5) is 0. The predicted octanol–water partition coefficient (Wildman–Crippen LogP) is 6.38. The predicted molar refractivity (Wildman–Crippen MR) is 106 cm³/mol. The van der Waals surface area contributed by atoms with Gasteiger partial charge in [0.2, 0.25) is 0 Å². The lowest BCUT2D eigenvalue weighted by atomic mass is 9.91. The van der Waals surface area contributed by atoms with Crippen LogP contribution in [0, 0.1) is 0 Å². The Bertz CT molecular complexity index is 1110. The van der Waals surface area contributed by atoms with E-state index in [2.05, 4.69) is 102 Å². The van der Waals surface area contributed by atoms with Crippen molar-refractivity contribution in [3.05, 3.63) is 103 Å². The third-order valence-corrected chi connectivity index (χ3v) is 5.12. The van der Waals surface area contributed by atoms with E-state index in [1.165, 1.54) is 33.1 Å². The Hall–Kier alpha value is -3.06. The molecule has 0 radical (unpaired) electrons. The zero-order valence-electron chi connectivity index (χ0n) is 14.0. The van der Waals surface area contributed by atoms with Crippen LogP contribution < -0.4 is 0 Å². The van der Waals surface area contributed by atoms with E-state index < -0.39 is 0 Å². The Morgan fingerprint density at radius 2 is 1.52 bits per heavy atom. The van der Waals surface area contributed by atoms with E-state index >= 15 is 0 Å². The molecule has 0 spiro atoms. The van der Waals surface area contributed by atoms with Gasteiger partial charge in [-0.3, -0.25) is 0 Å². The lowest BCUT2D eigenvalue weighted by molar-refractivity contribution is 0.855. The Kier molecular flexibility index (Phi) is 3.31. The van der Waals surface area contributed by atoms with Gasteiger partial charge >= 0.3 is 0 Å². The maximum absolute atomic E-state index is 2.38. The molecular weight excluding hydrogens is 302 g/mol. The fraction of sp³-hybridized carbons (Fsp3) is 0.0833. The molecule has 0 saturated carbocycles. The van der Waals surface area contributed by atoms with Crippen molar-refractivity contribution in [3.63, 3.8) is 0 Å². The summed E-state index contributed by atoms with van der Waals surface area (Å²) in [5.41, 5.74) is 5.14. The van der Waals surface area contributed by atoms with Crippen LogP contribution in [0.1, 0.15) is 17.9 Å². The molecule has 1 nitrogen and oxygen atoms in total. The summed E-state index contributed by atoms with van der Waals surface area (Å²) in [6.45, 7) is 0. The molecule has 1 atom stereocenters. The second-order valence-corrected chi connectivity index (χ2v) is 6.62. The number of benzene rings is 3. The van der Waals surface area contributed by atoms with Crippen molar-refractivity contribution in [1.82, 2.24) is 4.57 Å². The summed E-state index contributed by atoms with van der Waals surface area (Å²) in [6, 6.07) is 26.3. The first-order chi connectivity index (χ1) is 12.4. The maximum Gasteiger partial charge on any atom is 0.0541 e. The third kappa shape index (κ3) is 2.32. The van der Waals surface area contributed by atoms with Gasteiger partial charge in [0.15, 0.2) is 0 Å². The first kappa shape index (κ1) is 14.3. The highest BCUT2D eigenvalue weighted by molar-refractivity contribution is 6.09. The minimum Gasteiger partial charge on any atom is -0.309 e. The van der Waals surface area contributed by atoms with Gasteiger partial charge in [-0.1, -0.05) is 66.8 Å². The Morgan fingerprint density at radius 3 is 2.36 bits per heavy atom. The summed E-state index contributed by atoms with van der Waals surface area (Å²) < 4.78 is 2.37. The molecule has 0 bridgehead atoms. The van der Waals surface area contributed by atoms with Gasteiger partial charge in [-0.15, -0.1) is 0 Å². The van der Waals surface area contributed by atoms with Crippen LogP contribution in [0.3, 0.4) is 0 Å². The molecule has 1 aliphatic carbocycles. The van der Waals surface area contributed by atoms with Crippen LogP contribution in [0.15, 0.2) is 97.1 Å². The zero-order chi connectivity index (χ0) is 16.6. The van der Waals surface area contributed by atoms with Crippen molar-refractivity contribution in [2.75, 3.05) is 0 Å². The molecule has 0 fully saturated rings. The van der Waals surface area contributed by atoms with Gasteiger partial charge in [-0.05, 0) is 42.3 Å². The first-order valence-electron chi connectivity index (χ1n) is 8.84. The van der Waals surface area contributed by atoms with E-state index in [9.17, 15) is 0 Å². The number of allylic oxidation sites excluding steroid dienone is 4. The molecule has 5 rings (SSSR count). The lowest BCUT2D eigenvalue weighted by Crippen LogP contribution is -1.97. The molecule has 1 aliphatic rings. The monoisotopic (exact) mass is 321 g/mol. The molecule has 0 amide bonds. The van der Waals surface area contributed by atoms with Crippen LogP contribution in [0.2, 0.25) is 0 Å². The molecule has 3 aromatic carbocycles. The highest BCUT2D eigenvalue weighted by atomic mass is 15.0. The van der Waals surface area contributed by atoms with Crippen LogP contribution >= 0.6 is 0 Å². The fourth-order valence-corrected chi connectivity index (χ4v) is 3.90. The molecule has 0 saturated heterocycles. The summed E-state index contributed by atoms with van der Waals surface area (Å²) in [5, 5.41) is 2.65. The summed E-state index contributed by atoms with van der Waals surface area (Å²) in [6.07, 6.45) is 9.93. The van der Waals surface area contributed by atoms with E-state index in [1.54, 1.807) is 0 Å². The molecule has 1 heterocycles. The third-order valence-electron chi connectivity index (χ3n) is 5.12. The SMILES string of the molecule is C1=CCC(c2ccc3c(c2)c2ccccc2n3-c2ccccc2)C=C1. The second kappa shape index (κ2) is 5.78. The van der Waals surface area contributed by atoms with E-state index in [4.69, 9.17) is 0 Å². The molecule has 1 unspecified atom stereocenters. The summed E-state index contributed by atoms with van der Waals surface area (Å²) in [5.74, 6) is 0.480. The van der Waals surface area contributed by atoms with Crippen molar-refractivity contribution in [3.8, 4) is 5.69 Å². The quantitative estimate of drug-likeness (QED) is 0.403. The van der Waals surface area contributed by atoms with E-state index in [-0.39, 0.29) is 0 Å². The molecule has 25 heavy (non-hydrogen) atoms. The number of hydrogen-bond donors (Lipinski definition) is 0. The van der Waals surface area contributed by atoms with Gasteiger partial charge in [0, 0.05) is 22.4 Å². The van der Waals surface area contributed by atoms with Gasteiger partial charge < -0.3 is 4.57 Å². The van der Waals surface area contributed by atoms with Gasteiger partial charge in [-0.25, -0.2) is 0 Å². The summed E-state index contributed by atoms with van der Waals surface area (Å²) >= 11 is 0. The molecule has 1 aromatic heterocycles. The average Bonchev–Trinajstić information content (AvgIpc) is 3.03. The van der Waals surface area contributed by atoms with Crippen molar-refractivity contribution in [1.29, 1.82) is 0 Å². The van der Waals surface area contributed by atoms with E-state index in [0.29, 0.717) is 5.92 Å². The largest absolute Gasteiger partial charge is 0.309 e. The van der Waals surface area contributed by atoms with Crippen LogP contribution in [-0.4, -0.2) is 4.57 Å². The molecule has 1 heteroatoms. The van der Waals surface area contributed by atoms with E-state index in [0.717, 1.165) is 6.42 Å². The maximum atomic E-state index is 2.38. The highest BCUT2D eigenvalue weighted by Crippen LogP contribution is 2.35. The minimum atomic E-state index is 0.480. The van der Waals surface area contributed by atoms with Crippen LogP contribution in [0.5, 0.6) is 0 Å². The first-order valence-corrected chi connectivity index (χ1v) is 8.84. The average molecular weight is 321 g/mol. The fourth-order valence-electron chi connectivity index (χ4n) is 3.90. The number of para-hydroxylation sites is 2. The minimum absolute atomic E-state index is 0.480. The van der Waals surface area contributed by atoms with Crippen LogP contribution in [0.25, 0.3) is 27.5 Å². The number of hydrogen-bond acceptors (Lipinski definition) is 0. The molecule has 0 N–H and O–H groups in total. The molecule has 4 aromatic rings. The lowest BCUT2D eigenvalue weighted by Gasteiger charge is -2.14.